The molecule has 2 N–H and O–H groups in total. The first-order valence-electron chi connectivity index (χ1n) is 12.3. The molecule has 2 aromatic carbocycles. The second-order valence-electron chi connectivity index (χ2n) is 9.63. The fourth-order valence-electron chi connectivity index (χ4n) is 3.41. The summed E-state index contributed by atoms with van der Waals surface area (Å²) in [6.45, 7) is 8.67. The van der Waals surface area contributed by atoms with Crippen molar-refractivity contribution in [3.8, 4) is 0 Å². The van der Waals surface area contributed by atoms with Gasteiger partial charge in [-0.2, -0.15) is 0 Å². The largest absolute Gasteiger partial charge is 0.459 e. The lowest BCUT2D eigenvalue weighted by atomic mass is 10.0. The molecule has 2 atom stereocenters. The Bertz CT molecular complexity index is 1040. The molecule has 200 valence electrons. The smallest absolute Gasteiger partial charge is 0.408 e. The van der Waals surface area contributed by atoms with Crippen molar-refractivity contribution >= 4 is 23.9 Å². The summed E-state index contributed by atoms with van der Waals surface area (Å²) in [5.74, 6) is -1.58. The van der Waals surface area contributed by atoms with Crippen molar-refractivity contribution in [2.24, 2.45) is 0 Å². The summed E-state index contributed by atoms with van der Waals surface area (Å²) in [5, 5.41) is 5.20. The molecule has 0 aliphatic rings. The van der Waals surface area contributed by atoms with E-state index in [0.717, 1.165) is 5.56 Å². The molecule has 3 amide bonds. The van der Waals surface area contributed by atoms with Crippen LogP contribution in [0.15, 0.2) is 60.7 Å². The topological polar surface area (TPSA) is 114 Å². The van der Waals surface area contributed by atoms with Crippen LogP contribution in [0.5, 0.6) is 0 Å². The molecule has 2 aromatic rings. The van der Waals surface area contributed by atoms with Crippen LogP contribution in [-0.2, 0) is 30.5 Å². The quantitative estimate of drug-likeness (QED) is 0.444. The third kappa shape index (κ3) is 10.3. The Balaban J connectivity index is 2.13. The zero-order valence-electron chi connectivity index (χ0n) is 22.2. The second kappa shape index (κ2) is 14.0. The monoisotopic (exact) mass is 511 g/mol. The number of ether oxygens (including phenoxy) is 2. The molecule has 0 spiro atoms. The minimum atomic E-state index is -1.06. The van der Waals surface area contributed by atoms with Gasteiger partial charge in [0.25, 0.3) is 0 Å². The van der Waals surface area contributed by atoms with Crippen molar-refractivity contribution in [1.82, 2.24) is 15.5 Å². The molecule has 2 rings (SSSR count). The van der Waals surface area contributed by atoms with Crippen molar-refractivity contribution < 1.29 is 28.7 Å². The number of hydrogen-bond donors (Lipinski definition) is 2. The lowest BCUT2D eigenvalue weighted by Gasteiger charge is -2.28. The summed E-state index contributed by atoms with van der Waals surface area (Å²) in [6, 6.07) is 16.0. The number of carbonyl (C=O) groups excluding carboxylic acids is 4. The first-order chi connectivity index (χ1) is 17.5. The van der Waals surface area contributed by atoms with Gasteiger partial charge in [-0.3, -0.25) is 14.4 Å². The van der Waals surface area contributed by atoms with Gasteiger partial charge in [0.15, 0.2) is 0 Å². The number of nitrogens with one attached hydrogen (secondary N) is 2. The van der Waals surface area contributed by atoms with Gasteiger partial charge in [0.05, 0.1) is 0 Å². The normalized spacial score (nSPS) is 12.6. The van der Waals surface area contributed by atoms with Crippen molar-refractivity contribution in [3.05, 3.63) is 71.8 Å². The van der Waals surface area contributed by atoms with Crippen LogP contribution >= 0.6 is 0 Å². The van der Waals surface area contributed by atoms with Gasteiger partial charge >= 0.3 is 12.1 Å². The summed E-state index contributed by atoms with van der Waals surface area (Å²) >= 11 is 0. The van der Waals surface area contributed by atoms with Crippen LogP contribution in [0.3, 0.4) is 0 Å². The molecule has 0 aromatic heterocycles. The van der Waals surface area contributed by atoms with E-state index < -0.39 is 41.6 Å². The Labute approximate surface area is 218 Å². The fourth-order valence-corrected chi connectivity index (χ4v) is 3.41. The van der Waals surface area contributed by atoms with Crippen molar-refractivity contribution in [1.29, 1.82) is 0 Å². The molecule has 0 fully saturated rings. The van der Waals surface area contributed by atoms with E-state index in [-0.39, 0.29) is 13.2 Å². The van der Waals surface area contributed by atoms with E-state index in [1.807, 2.05) is 37.3 Å². The van der Waals surface area contributed by atoms with Crippen molar-refractivity contribution in [2.75, 3.05) is 13.1 Å². The molecule has 0 aliphatic heterocycles. The number of esters is 1. The van der Waals surface area contributed by atoms with E-state index in [9.17, 15) is 19.2 Å². The Kier molecular flexibility index (Phi) is 11.1. The predicted octanol–water partition coefficient (Wildman–Crippen LogP) is 3.74. The van der Waals surface area contributed by atoms with Crippen LogP contribution in [0.1, 0.15) is 58.2 Å². The SMILES string of the molecule is CCCN(CC(=O)OCc1ccccc1)C(=O)C(NC(=O)C(C)NC(=O)OC(C)(C)C)c1ccccc1. The highest BCUT2D eigenvalue weighted by atomic mass is 16.6. The third-order valence-electron chi connectivity index (χ3n) is 5.16. The van der Waals surface area contributed by atoms with Gasteiger partial charge in [-0.25, -0.2) is 4.79 Å². The zero-order chi connectivity index (χ0) is 27.4. The number of amides is 3. The van der Waals surface area contributed by atoms with E-state index in [1.54, 1.807) is 51.1 Å². The van der Waals surface area contributed by atoms with Gasteiger partial charge in [-0.1, -0.05) is 67.6 Å². The van der Waals surface area contributed by atoms with E-state index in [0.29, 0.717) is 18.5 Å². The fraction of sp³-hybridized carbons (Fsp3) is 0.429. The van der Waals surface area contributed by atoms with Crippen LogP contribution in [0, 0.1) is 0 Å². The van der Waals surface area contributed by atoms with Crippen LogP contribution in [0.25, 0.3) is 0 Å². The second-order valence-corrected chi connectivity index (χ2v) is 9.63. The molecule has 0 heterocycles. The highest BCUT2D eigenvalue weighted by molar-refractivity contribution is 5.93. The first-order valence-corrected chi connectivity index (χ1v) is 12.3. The number of hydrogen-bond acceptors (Lipinski definition) is 6. The lowest BCUT2D eigenvalue weighted by Crippen LogP contribution is -2.51. The molecule has 9 heteroatoms. The molecule has 0 saturated carbocycles. The Morgan fingerprint density at radius 2 is 1.51 bits per heavy atom. The first kappa shape index (κ1) is 29.4. The van der Waals surface area contributed by atoms with E-state index in [1.165, 1.54) is 11.8 Å². The zero-order valence-corrected chi connectivity index (χ0v) is 22.2. The minimum absolute atomic E-state index is 0.0977. The van der Waals surface area contributed by atoms with Gasteiger partial charge in [0, 0.05) is 6.54 Å². The van der Waals surface area contributed by atoms with Gasteiger partial charge < -0.3 is 25.0 Å². The van der Waals surface area contributed by atoms with Crippen LogP contribution < -0.4 is 10.6 Å². The molecular formula is C28H37N3O6. The Morgan fingerprint density at radius 1 is 0.919 bits per heavy atom. The van der Waals surface area contributed by atoms with Gasteiger partial charge in [-0.05, 0) is 45.2 Å². The van der Waals surface area contributed by atoms with Gasteiger partial charge in [-0.15, -0.1) is 0 Å². The van der Waals surface area contributed by atoms with E-state index in [2.05, 4.69) is 10.6 Å². The standard InChI is InChI=1S/C28H37N3O6/c1-6-17-31(18-23(32)36-19-21-13-9-7-10-14-21)26(34)24(22-15-11-8-12-16-22)30-25(33)20(2)29-27(35)37-28(3,4)5/h7-16,20,24H,6,17-19H2,1-5H3,(H,29,35)(H,30,33). The number of carbonyl (C=O) groups is 4. The van der Waals surface area contributed by atoms with Crippen LogP contribution in [-0.4, -0.2) is 53.5 Å². The van der Waals surface area contributed by atoms with E-state index >= 15 is 0 Å². The highest BCUT2D eigenvalue weighted by Gasteiger charge is 2.31. The number of nitrogens with zero attached hydrogens (tertiary/aromatic N) is 1. The summed E-state index contributed by atoms with van der Waals surface area (Å²) in [6.07, 6.45) is -0.143. The highest BCUT2D eigenvalue weighted by Crippen LogP contribution is 2.17. The van der Waals surface area contributed by atoms with Gasteiger partial charge in [0.2, 0.25) is 11.8 Å². The van der Waals surface area contributed by atoms with Crippen LogP contribution in [0.4, 0.5) is 4.79 Å². The molecule has 0 saturated heterocycles. The number of benzene rings is 2. The number of rotatable bonds is 11. The lowest BCUT2D eigenvalue weighted by molar-refractivity contribution is -0.151. The average Bonchev–Trinajstić information content (AvgIpc) is 2.85. The maximum atomic E-state index is 13.6. The summed E-state index contributed by atoms with van der Waals surface area (Å²) in [5.41, 5.74) is 0.660. The average molecular weight is 512 g/mol. The van der Waals surface area contributed by atoms with Gasteiger partial charge in [0.1, 0.15) is 30.8 Å². The molecular weight excluding hydrogens is 474 g/mol. The molecule has 37 heavy (non-hydrogen) atoms. The van der Waals surface area contributed by atoms with E-state index in [4.69, 9.17) is 9.47 Å². The summed E-state index contributed by atoms with van der Waals surface area (Å²) < 4.78 is 10.6. The number of alkyl carbamates (subject to hydrolysis) is 1. The van der Waals surface area contributed by atoms with Crippen molar-refractivity contribution in [3.63, 3.8) is 0 Å². The maximum absolute atomic E-state index is 13.6. The van der Waals surface area contributed by atoms with Crippen molar-refractivity contribution in [2.45, 2.75) is 65.3 Å². The third-order valence-corrected chi connectivity index (χ3v) is 5.16. The molecule has 0 radical (unpaired) electrons. The molecule has 9 nitrogen and oxygen atoms in total. The minimum Gasteiger partial charge on any atom is -0.459 e. The summed E-state index contributed by atoms with van der Waals surface area (Å²) in [4.78, 5) is 52.6. The molecule has 0 aliphatic carbocycles. The maximum Gasteiger partial charge on any atom is 0.408 e. The predicted molar refractivity (Wildman–Crippen MR) is 139 cm³/mol. The Morgan fingerprint density at radius 3 is 2.08 bits per heavy atom. The molecule has 0 bridgehead atoms. The Hall–Kier alpha value is -3.88. The van der Waals surface area contributed by atoms with Crippen LogP contribution in [0.2, 0.25) is 0 Å². The molecule has 2 unspecified atom stereocenters. The summed E-state index contributed by atoms with van der Waals surface area (Å²) in [7, 11) is 0.